The molecule has 0 aliphatic rings. The third-order valence-corrected chi connectivity index (χ3v) is 3.18. The second kappa shape index (κ2) is 6.41. The Balaban J connectivity index is 2.77. The maximum atomic E-state index is 11.7. The molecule has 112 valence electrons. The fourth-order valence-electron chi connectivity index (χ4n) is 1.70. The standard InChI is InChI=1S/C14H22ClN3O2/c1-13(2,3)20-12(19)18-9-14(4,8-16)10-6-5-7-17-11(10)15/h5-7H,8-9,16H2,1-4H3,(H,18,19). The quantitative estimate of drug-likeness (QED) is 0.837. The number of halogens is 1. The number of nitrogens with zero attached hydrogens (tertiary/aromatic N) is 1. The van der Waals surface area contributed by atoms with Crippen LogP contribution in [0.2, 0.25) is 5.15 Å². The Labute approximate surface area is 124 Å². The van der Waals surface area contributed by atoms with Crippen LogP contribution in [0.15, 0.2) is 18.3 Å². The summed E-state index contributed by atoms with van der Waals surface area (Å²) in [6.07, 6.45) is 1.14. The van der Waals surface area contributed by atoms with Crippen LogP contribution in [0.25, 0.3) is 0 Å². The van der Waals surface area contributed by atoms with Crippen molar-refractivity contribution in [2.24, 2.45) is 5.73 Å². The van der Waals surface area contributed by atoms with Crippen LogP contribution in [0.3, 0.4) is 0 Å². The summed E-state index contributed by atoms with van der Waals surface area (Å²) in [4.78, 5) is 15.8. The fourth-order valence-corrected chi connectivity index (χ4v) is 2.04. The van der Waals surface area contributed by atoms with Crippen LogP contribution in [-0.4, -0.2) is 29.8 Å². The zero-order valence-electron chi connectivity index (χ0n) is 12.4. The Hall–Kier alpha value is -1.33. The molecule has 0 aliphatic carbocycles. The monoisotopic (exact) mass is 299 g/mol. The summed E-state index contributed by atoms with van der Waals surface area (Å²) in [6, 6.07) is 3.65. The summed E-state index contributed by atoms with van der Waals surface area (Å²) < 4.78 is 5.20. The van der Waals surface area contributed by atoms with Gasteiger partial charge < -0.3 is 15.8 Å². The van der Waals surface area contributed by atoms with Crippen LogP contribution < -0.4 is 11.1 Å². The predicted molar refractivity (Wildman–Crippen MR) is 79.9 cm³/mol. The first kappa shape index (κ1) is 16.7. The maximum Gasteiger partial charge on any atom is 0.407 e. The zero-order chi connectivity index (χ0) is 15.4. The van der Waals surface area contributed by atoms with Crippen molar-refractivity contribution in [3.05, 3.63) is 29.0 Å². The van der Waals surface area contributed by atoms with Gasteiger partial charge in [0.25, 0.3) is 0 Å². The van der Waals surface area contributed by atoms with E-state index in [0.717, 1.165) is 5.56 Å². The van der Waals surface area contributed by atoms with Crippen molar-refractivity contribution in [2.45, 2.75) is 38.7 Å². The lowest BCUT2D eigenvalue weighted by atomic mass is 9.83. The fraction of sp³-hybridized carbons (Fsp3) is 0.571. The SMILES string of the molecule is CC(C)(C)OC(=O)NCC(C)(CN)c1cccnc1Cl. The Morgan fingerprint density at radius 1 is 1.45 bits per heavy atom. The molecule has 6 heteroatoms. The first-order chi connectivity index (χ1) is 9.18. The van der Waals surface area contributed by atoms with Crippen molar-refractivity contribution in [3.8, 4) is 0 Å². The minimum Gasteiger partial charge on any atom is -0.444 e. The number of pyridine rings is 1. The van der Waals surface area contributed by atoms with Crippen molar-refractivity contribution in [1.29, 1.82) is 0 Å². The molecule has 0 aliphatic heterocycles. The van der Waals surface area contributed by atoms with E-state index >= 15 is 0 Å². The molecule has 0 saturated heterocycles. The van der Waals surface area contributed by atoms with Crippen LogP contribution in [0, 0.1) is 0 Å². The van der Waals surface area contributed by atoms with Gasteiger partial charge in [-0.1, -0.05) is 24.6 Å². The van der Waals surface area contributed by atoms with Gasteiger partial charge in [-0.3, -0.25) is 0 Å². The summed E-state index contributed by atoms with van der Waals surface area (Å²) in [5, 5.41) is 3.12. The van der Waals surface area contributed by atoms with Gasteiger partial charge in [0, 0.05) is 24.7 Å². The summed E-state index contributed by atoms with van der Waals surface area (Å²) in [5.74, 6) is 0. The lowest BCUT2D eigenvalue weighted by Crippen LogP contribution is -2.45. The van der Waals surface area contributed by atoms with Crippen LogP contribution in [-0.2, 0) is 10.2 Å². The molecule has 1 aromatic heterocycles. The van der Waals surface area contributed by atoms with Gasteiger partial charge in [0.1, 0.15) is 10.8 Å². The van der Waals surface area contributed by atoms with Crippen molar-refractivity contribution in [3.63, 3.8) is 0 Å². The van der Waals surface area contributed by atoms with Crippen molar-refractivity contribution in [1.82, 2.24) is 10.3 Å². The molecule has 5 nitrogen and oxygen atoms in total. The molecule has 1 aromatic rings. The van der Waals surface area contributed by atoms with E-state index in [0.29, 0.717) is 18.2 Å². The molecule has 20 heavy (non-hydrogen) atoms. The number of carbonyl (C=O) groups excluding carboxylic acids is 1. The molecule has 0 fully saturated rings. The number of amides is 1. The van der Waals surface area contributed by atoms with Gasteiger partial charge in [0.2, 0.25) is 0 Å². The molecule has 0 spiro atoms. The summed E-state index contributed by atoms with van der Waals surface area (Å²) in [7, 11) is 0. The van der Waals surface area contributed by atoms with E-state index in [9.17, 15) is 4.79 Å². The van der Waals surface area contributed by atoms with E-state index in [-0.39, 0.29) is 0 Å². The normalized spacial score (nSPS) is 14.5. The number of hydrogen-bond acceptors (Lipinski definition) is 4. The average molecular weight is 300 g/mol. The number of ether oxygens (including phenoxy) is 1. The Morgan fingerprint density at radius 3 is 2.60 bits per heavy atom. The molecular formula is C14H22ClN3O2. The highest BCUT2D eigenvalue weighted by Crippen LogP contribution is 2.27. The van der Waals surface area contributed by atoms with Crippen LogP contribution in [0.1, 0.15) is 33.3 Å². The first-order valence-electron chi connectivity index (χ1n) is 6.46. The minimum absolute atomic E-state index is 0.323. The van der Waals surface area contributed by atoms with E-state index in [2.05, 4.69) is 10.3 Å². The predicted octanol–water partition coefficient (Wildman–Crippen LogP) is 2.48. The van der Waals surface area contributed by atoms with Crippen LogP contribution >= 0.6 is 11.6 Å². The molecule has 1 unspecified atom stereocenters. The second-order valence-electron chi connectivity index (χ2n) is 5.96. The van der Waals surface area contributed by atoms with Crippen LogP contribution in [0.4, 0.5) is 4.79 Å². The van der Waals surface area contributed by atoms with Gasteiger partial charge in [0.15, 0.2) is 0 Å². The molecular weight excluding hydrogens is 278 g/mol. The topological polar surface area (TPSA) is 77.2 Å². The lowest BCUT2D eigenvalue weighted by molar-refractivity contribution is 0.0516. The Kier molecular flexibility index (Phi) is 5.36. The van der Waals surface area contributed by atoms with Gasteiger partial charge in [-0.25, -0.2) is 9.78 Å². The Morgan fingerprint density at radius 2 is 2.10 bits per heavy atom. The van der Waals surface area contributed by atoms with E-state index in [1.807, 2.05) is 33.8 Å². The van der Waals surface area contributed by atoms with Gasteiger partial charge in [-0.15, -0.1) is 0 Å². The number of rotatable bonds is 4. The zero-order valence-corrected chi connectivity index (χ0v) is 13.1. The molecule has 0 bridgehead atoms. The number of hydrogen-bond donors (Lipinski definition) is 2. The molecule has 3 N–H and O–H groups in total. The van der Waals surface area contributed by atoms with E-state index < -0.39 is 17.1 Å². The largest absolute Gasteiger partial charge is 0.444 e. The molecule has 1 amide bonds. The van der Waals surface area contributed by atoms with Crippen molar-refractivity contribution < 1.29 is 9.53 Å². The van der Waals surface area contributed by atoms with Gasteiger partial charge in [0.05, 0.1) is 0 Å². The molecule has 0 saturated carbocycles. The molecule has 1 atom stereocenters. The number of nitrogens with two attached hydrogens (primary N) is 1. The molecule has 0 radical (unpaired) electrons. The van der Waals surface area contributed by atoms with E-state index in [1.165, 1.54) is 0 Å². The summed E-state index contributed by atoms with van der Waals surface area (Å²) >= 11 is 6.10. The molecule has 1 heterocycles. The maximum absolute atomic E-state index is 11.7. The highest BCUT2D eigenvalue weighted by atomic mass is 35.5. The lowest BCUT2D eigenvalue weighted by Gasteiger charge is -2.30. The number of alkyl carbamates (subject to hydrolysis) is 1. The minimum atomic E-state index is -0.533. The van der Waals surface area contributed by atoms with Crippen molar-refractivity contribution >= 4 is 17.7 Å². The van der Waals surface area contributed by atoms with Gasteiger partial charge in [-0.2, -0.15) is 0 Å². The number of aromatic nitrogens is 1. The highest BCUT2D eigenvalue weighted by molar-refractivity contribution is 6.30. The average Bonchev–Trinajstić information content (AvgIpc) is 2.34. The highest BCUT2D eigenvalue weighted by Gasteiger charge is 2.29. The third-order valence-electron chi connectivity index (χ3n) is 2.88. The molecule has 0 aromatic carbocycles. The van der Waals surface area contributed by atoms with E-state index in [1.54, 1.807) is 12.3 Å². The summed E-state index contributed by atoms with van der Waals surface area (Å²) in [5.41, 5.74) is 5.62. The first-order valence-corrected chi connectivity index (χ1v) is 6.84. The third kappa shape index (κ3) is 4.65. The number of carbonyl (C=O) groups is 1. The summed E-state index contributed by atoms with van der Waals surface area (Å²) in [6.45, 7) is 8.01. The Bertz CT molecular complexity index is 474. The van der Waals surface area contributed by atoms with Crippen LogP contribution in [0.5, 0.6) is 0 Å². The molecule has 1 rings (SSSR count). The second-order valence-corrected chi connectivity index (χ2v) is 6.32. The van der Waals surface area contributed by atoms with Crippen molar-refractivity contribution in [2.75, 3.05) is 13.1 Å². The number of nitrogens with one attached hydrogen (secondary N) is 1. The smallest absolute Gasteiger partial charge is 0.407 e. The van der Waals surface area contributed by atoms with E-state index in [4.69, 9.17) is 22.1 Å². The van der Waals surface area contributed by atoms with Gasteiger partial charge >= 0.3 is 6.09 Å². The van der Waals surface area contributed by atoms with Gasteiger partial charge in [-0.05, 0) is 32.4 Å².